The summed E-state index contributed by atoms with van der Waals surface area (Å²) in [6, 6.07) is 40.1. The topological polar surface area (TPSA) is 94.1 Å². The number of benzene rings is 5. The number of aliphatic hydroxyl groups is 1. The van der Waals surface area contributed by atoms with Crippen LogP contribution in [0, 0.1) is 5.92 Å². The molecule has 248 valence electrons. The van der Waals surface area contributed by atoms with Gasteiger partial charge in [-0.3, -0.25) is 0 Å². The normalized spacial score (nSPS) is 19.6. The number of aliphatic hydroxyl groups excluding tert-OH is 1. The second-order valence-corrected chi connectivity index (χ2v) is 14.5. The van der Waals surface area contributed by atoms with Crippen LogP contribution in [-0.2, 0) is 32.6 Å². The number of rotatable bonds is 12. The van der Waals surface area contributed by atoms with Crippen LogP contribution in [0.4, 0.5) is 0 Å². The minimum absolute atomic E-state index is 0.0142. The van der Waals surface area contributed by atoms with Crippen molar-refractivity contribution in [2.75, 3.05) is 12.9 Å². The van der Waals surface area contributed by atoms with Crippen molar-refractivity contribution in [2.45, 2.75) is 48.4 Å². The Morgan fingerprint density at radius 2 is 1.46 bits per heavy atom. The number of nitrogens with one attached hydrogen (secondary N) is 1. The molecule has 9 heteroatoms. The number of hydrogen-bond acceptors (Lipinski definition) is 7. The van der Waals surface area contributed by atoms with E-state index in [2.05, 4.69) is 17.7 Å². The molecule has 6 rings (SSSR count). The standard InChI is InChI=1S/C39H39NO6S2/c1-27-36(26-47-37-15-9-8-14-35(37)44-2)45-39(46-38(27)30-18-16-28(25-41)17-19-30)31-22-20-29(21-23-31)34-13-7-6-10-32(34)24-40-48(42,43)33-11-4-3-5-12-33/h3-23,27,36,38-41H,24-26H2,1-2H3/t27-,36+,38+,39+/m1/s1. The van der Waals surface area contributed by atoms with E-state index in [-0.39, 0.29) is 36.2 Å². The fourth-order valence-electron chi connectivity index (χ4n) is 5.85. The molecule has 5 aromatic rings. The minimum Gasteiger partial charge on any atom is -0.496 e. The SMILES string of the molecule is COc1ccccc1SC[C@@H]1O[C@H](c2ccc(-c3ccccc3CNS(=O)(=O)c3ccccc3)cc2)O[C@H](c2ccc(CO)cc2)[C@@H]1C. The van der Waals surface area contributed by atoms with Crippen LogP contribution in [0.5, 0.6) is 5.75 Å². The van der Waals surface area contributed by atoms with Crippen molar-refractivity contribution in [1.29, 1.82) is 0 Å². The molecule has 2 N–H and O–H groups in total. The smallest absolute Gasteiger partial charge is 0.240 e. The van der Waals surface area contributed by atoms with Gasteiger partial charge in [0.05, 0.1) is 30.8 Å². The Hall–Kier alpha value is -3.96. The van der Waals surface area contributed by atoms with E-state index in [1.807, 2.05) is 91.0 Å². The van der Waals surface area contributed by atoms with E-state index in [0.29, 0.717) is 5.75 Å². The second-order valence-electron chi connectivity index (χ2n) is 11.7. The molecule has 7 nitrogen and oxygen atoms in total. The molecule has 1 heterocycles. The molecule has 0 aromatic heterocycles. The molecule has 0 spiro atoms. The van der Waals surface area contributed by atoms with Crippen molar-refractivity contribution in [2.24, 2.45) is 5.92 Å². The zero-order valence-electron chi connectivity index (χ0n) is 26.9. The van der Waals surface area contributed by atoms with Crippen LogP contribution in [0.25, 0.3) is 11.1 Å². The fourth-order valence-corrected chi connectivity index (χ4v) is 8.07. The average molecular weight is 682 g/mol. The molecule has 48 heavy (non-hydrogen) atoms. The van der Waals surface area contributed by atoms with Crippen molar-refractivity contribution >= 4 is 21.8 Å². The number of thioether (sulfide) groups is 1. The molecule has 0 aliphatic carbocycles. The van der Waals surface area contributed by atoms with Crippen molar-refractivity contribution in [3.63, 3.8) is 0 Å². The van der Waals surface area contributed by atoms with E-state index in [1.54, 1.807) is 49.2 Å². The van der Waals surface area contributed by atoms with Crippen molar-refractivity contribution in [3.05, 3.63) is 150 Å². The van der Waals surface area contributed by atoms with Gasteiger partial charge >= 0.3 is 0 Å². The molecular formula is C39H39NO6S2. The Morgan fingerprint density at radius 3 is 2.19 bits per heavy atom. The lowest BCUT2D eigenvalue weighted by Crippen LogP contribution is -2.38. The summed E-state index contributed by atoms with van der Waals surface area (Å²) in [7, 11) is -1.97. The summed E-state index contributed by atoms with van der Waals surface area (Å²) in [4.78, 5) is 1.28. The third-order valence-electron chi connectivity index (χ3n) is 8.61. The first kappa shape index (κ1) is 33.9. The lowest BCUT2D eigenvalue weighted by atomic mass is 9.91. The third-order valence-corrected chi connectivity index (χ3v) is 11.2. The number of methoxy groups -OCH3 is 1. The van der Waals surface area contributed by atoms with Gasteiger partial charge in [-0.2, -0.15) is 0 Å². The fraction of sp³-hybridized carbons (Fsp3) is 0.231. The first-order valence-corrected chi connectivity index (χ1v) is 18.3. The van der Waals surface area contributed by atoms with E-state index < -0.39 is 16.3 Å². The third kappa shape index (κ3) is 7.84. The Labute approximate surface area is 287 Å². The van der Waals surface area contributed by atoms with Crippen LogP contribution < -0.4 is 9.46 Å². The maximum atomic E-state index is 12.9. The van der Waals surface area contributed by atoms with Crippen molar-refractivity contribution in [3.8, 4) is 16.9 Å². The van der Waals surface area contributed by atoms with Gasteiger partial charge in [-0.25, -0.2) is 13.1 Å². The van der Waals surface area contributed by atoms with Gasteiger partial charge in [-0.15, -0.1) is 11.8 Å². The summed E-state index contributed by atoms with van der Waals surface area (Å²) in [6.07, 6.45) is -0.953. The highest BCUT2D eigenvalue weighted by Gasteiger charge is 2.38. The van der Waals surface area contributed by atoms with Crippen LogP contribution in [0.1, 0.15) is 41.6 Å². The van der Waals surface area contributed by atoms with Gasteiger partial charge in [0.2, 0.25) is 10.0 Å². The van der Waals surface area contributed by atoms with Gasteiger partial charge in [0.25, 0.3) is 0 Å². The number of ether oxygens (including phenoxy) is 3. The van der Waals surface area contributed by atoms with Crippen LogP contribution in [0.3, 0.4) is 0 Å². The molecule has 0 saturated carbocycles. The van der Waals surface area contributed by atoms with Gasteiger partial charge in [-0.05, 0) is 52.1 Å². The van der Waals surface area contributed by atoms with E-state index in [9.17, 15) is 13.5 Å². The maximum Gasteiger partial charge on any atom is 0.240 e. The number of sulfonamides is 1. The van der Waals surface area contributed by atoms with Crippen molar-refractivity contribution in [1.82, 2.24) is 4.72 Å². The molecule has 1 aliphatic heterocycles. The molecular weight excluding hydrogens is 643 g/mol. The largest absolute Gasteiger partial charge is 0.496 e. The Bertz CT molecular complexity index is 1900. The second kappa shape index (κ2) is 15.5. The summed E-state index contributed by atoms with van der Waals surface area (Å²) in [6.45, 7) is 2.30. The average Bonchev–Trinajstić information content (AvgIpc) is 3.14. The highest BCUT2D eigenvalue weighted by molar-refractivity contribution is 7.99. The minimum atomic E-state index is -3.65. The van der Waals surface area contributed by atoms with Crippen LogP contribution in [0.15, 0.2) is 137 Å². The predicted molar refractivity (Wildman–Crippen MR) is 189 cm³/mol. The summed E-state index contributed by atoms with van der Waals surface area (Å²) < 4.78 is 47.4. The van der Waals surface area contributed by atoms with E-state index in [4.69, 9.17) is 14.2 Å². The molecule has 1 saturated heterocycles. The Balaban J connectivity index is 1.23. The summed E-state index contributed by atoms with van der Waals surface area (Å²) in [5.74, 6) is 1.59. The zero-order chi connectivity index (χ0) is 33.5. The quantitative estimate of drug-likeness (QED) is 0.129. The lowest BCUT2D eigenvalue weighted by molar-refractivity contribution is -0.268. The number of hydrogen-bond donors (Lipinski definition) is 2. The summed E-state index contributed by atoms with van der Waals surface area (Å²) in [5, 5.41) is 9.58. The van der Waals surface area contributed by atoms with Crippen molar-refractivity contribution < 1.29 is 27.7 Å². The molecule has 1 aliphatic rings. The lowest BCUT2D eigenvalue weighted by Gasteiger charge is -2.41. The summed E-state index contributed by atoms with van der Waals surface area (Å²) in [5.41, 5.74) is 5.52. The van der Waals surface area contributed by atoms with E-state index in [1.165, 1.54) is 0 Å². The molecule has 4 atom stereocenters. The molecule has 5 aromatic carbocycles. The Morgan fingerprint density at radius 1 is 0.792 bits per heavy atom. The highest BCUT2D eigenvalue weighted by atomic mass is 32.2. The molecule has 0 bridgehead atoms. The molecule has 0 unspecified atom stereocenters. The first-order valence-electron chi connectivity index (χ1n) is 15.9. The molecule has 0 radical (unpaired) electrons. The van der Waals surface area contributed by atoms with Gasteiger partial charge in [0, 0.05) is 28.7 Å². The van der Waals surface area contributed by atoms with E-state index in [0.717, 1.165) is 44.0 Å². The summed E-state index contributed by atoms with van der Waals surface area (Å²) >= 11 is 1.70. The monoisotopic (exact) mass is 681 g/mol. The van der Waals surface area contributed by atoms with E-state index >= 15 is 0 Å². The van der Waals surface area contributed by atoms with Gasteiger partial charge in [0.1, 0.15) is 5.75 Å². The highest BCUT2D eigenvalue weighted by Crippen LogP contribution is 2.44. The van der Waals surface area contributed by atoms with Gasteiger partial charge in [0.15, 0.2) is 6.29 Å². The van der Waals surface area contributed by atoms with Crippen LogP contribution in [-0.4, -0.2) is 32.5 Å². The Kier molecular flexibility index (Phi) is 11.0. The number of para-hydroxylation sites is 1. The van der Waals surface area contributed by atoms with Crippen LogP contribution >= 0.6 is 11.8 Å². The maximum absolute atomic E-state index is 12.9. The zero-order valence-corrected chi connectivity index (χ0v) is 28.5. The first-order chi connectivity index (χ1) is 23.4. The van der Waals surface area contributed by atoms with Gasteiger partial charge < -0.3 is 19.3 Å². The van der Waals surface area contributed by atoms with Gasteiger partial charge in [-0.1, -0.05) is 110 Å². The molecule has 0 amide bonds. The molecule has 1 fully saturated rings. The predicted octanol–water partition coefficient (Wildman–Crippen LogP) is 7.92. The van der Waals surface area contributed by atoms with Crippen LogP contribution in [0.2, 0.25) is 0 Å².